The molecule has 0 spiro atoms. The van der Waals surface area contributed by atoms with Gasteiger partial charge in [-0.3, -0.25) is 0 Å². The van der Waals surface area contributed by atoms with Crippen LogP contribution in [0.5, 0.6) is 0 Å². The molecule has 1 aliphatic rings. The molecule has 29 heavy (non-hydrogen) atoms. The van der Waals surface area contributed by atoms with Crippen LogP contribution in [0.25, 0.3) is 22.3 Å². The summed E-state index contributed by atoms with van der Waals surface area (Å²) in [6, 6.07) is 28.9. The average Bonchev–Trinajstić information content (AvgIpc) is 2.80. The van der Waals surface area contributed by atoms with Crippen molar-refractivity contribution in [1.82, 2.24) is 0 Å². The van der Waals surface area contributed by atoms with E-state index in [9.17, 15) is 0 Å². The van der Waals surface area contributed by atoms with Gasteiger partial charge in [-0.25, -0.2) is 0 Å². The van der Waals surface area contributed by atoms with E-state index in [2.05, 4.69) is 92.7 Å². The second-order valence-corrected chi connectivity index (χ2v) is 8.82. The molecule has 3 unspecified atom stereocenters. The highest BCUT2D eigenvalue weighted by molar-refractivity contribution is 5.72. The first kappa shape index (κ1) is 20.0. The van der Waals surface area contributed by atoms with Gasteiger partial charge >= 0.3 is 0 Å². The standard InChI is InChI=1S/C29H34/c1-3-11-25-14-7-8-15-27(25)22(2)28-16-9-10-17-29(28)26-20-18-24(19-21-26)23-12-5-4-6-13-23/h4-6,9-10,12-13,16-22,25,27H,3,7-8,11,14-15H2,1-2H3. The molecule has 0 heterocycles. The van der Waals surface area contributed by atoms with Crippen LogP contribution in [-0.2, 0) is 0 Å². The lowest BCUT2D eigenvalue weighted by Crippen LogP contribution is -2.24. The molecule has 150 valence electrons. The first-order valence-electron chi connectivity index (χ1n) is 11.5. The third kappa shape index (κ3) is 4.47. The van der Waals surface area contributed by atoms with Crippen molar-refractivity contribution >= 4 is 0 Å². The van der Waals surface area contributed by atoms with E-state index in [4.69, 9.17) is 0 Å². The Hall–Kier alpha value is -2.34. The number of hydrogen-bond acceptors (Lipinski definition) is 0. The van der Waals surface area contributed by atoms with Crippen molar-refractivity contribution in [2.45, 2.75) is 58.3 Å². The maximum Gasteiger partial charge on any atom is -0.0149 e. The molecule has 0 aromatic heterocycles. The van der Waals surface area contributed by atoms with E-state index in [1.54, 1.807) is 0 Å². The summed E-state index contributed by atoms with van der Waals surface area (Å²) < 4.78 is 0. The Morgan fingerprint density at radius 1 is 0.724 bits per heavy atom. The van der Waals surface area contributed by atoms with Crippen LogP contribution in [0.2, 0.25) is 0 Å². The first-order valence-corrected chi connectivity index (χ1v) is 11.5. The molecule has 0 bridgehead atoms. The van der Waals surface area contributed by atoms with Gasteiger partial charge in [0.05, 0.1) is 0 Å². The quantitative estimate of drug-likeness (QED) is 0.400. The van der Waals surface area contributed by atoms with Gasteiger partial charge in [-0.1, -0.05) is 125 Å². The molecule has 0 aliphatic heterocycles. The van der Waals surface area contributed by atoms with E-state index in [-0.39, 0.29) is 0 Å². The van der Waals surface area contributed by atoms with Gasteiger partial charge < -0.3 is 0 Å². The molecule has 4 rings (SSSR count). The van der Waals surface area contributed by atoms with Crippen molar-refractivity contribution in [3.63, 3.8) is 0 Å². The molecule has 0 N–H and O–H groups in total. The van der Waals surface area contributed by atoms with Crippen molar-refractivity contribution in [1.29, 1.82) is 0 Å². The summed E-state index contributed by atoms with van der Waals surface area (Å²) in [6.07, 6.45) is 8.36. The zero-order valence-electron chi connectivity index (χ0n) is 18.0. The smallest absolute Gasteiger partial charge is 0.0149 e. The lowest BCUT2D eigenvalue weighted by atomic mass is 9.68. The second-order valence-electron chi connectivity index (χ2n) is 8.82. The molecule has 3 atom stereocenters. The SMILES string of the molecule is CCCC1CCCCC1C(C)c1ccccc1-c1ccc(-c2ccccc2)cc1. The largest absolute Gasteiger partial charge is 0.0654 e. The van der Waals surface area contributed by atoms with Crippen LogP contribution in [0, 0.1) is 11.8 Å². The van der Waals surface area contributed by atoms with Gasteiger partial charge in [0.25, 0.3) is 0 Å². The highest BCUT2D eigenvalue weighted by atomic mass is 14.4. The lowest BCUT2D eigenvalue weighted by molar-refractivity contribution is 0.195. The molecular formula is C29H34. The highest BCUT2D eigenvalue weighted by Crippen LogP contribution is 2.44. The Balaban J connectivity index is 1.63. The molecule has 0 radical (unpaired) electrons. The Kier molecular flexibility index (Phi) is 6.49. The number of benzene rings is 3. The average molecular weight is 383 g/mol. The highest BCUT2D eigenvalue weighted by Gasteiger charge is 2.30. The Morgan fingerprint density at radius 2 is 1.34 bits per heavy atom. The van der Waals surface area contributed by atoms with Crippen LogP contribution in [-0.4, -0.2) is 0 Å². The van der Waals surface area contributed by atoms with Gasteiger partial charge in [0.1, 0.15) is 0 Å². The van der Waals surface area contributed by atoms with Crippen LogP contribution in [0.15, 0.2) is 78.9 Å². The van der Waals surface area contributed by atoms with Crippen molar-refractivity contribution < 1.29 is 0 Å². The van der Waals surface area contributed by atoms with Gasteiger partial charge in [-0.2, -0.15) is 0 Å². The monoisotopic (exact) mass is 382 g/mol. The maximum absolute atomic E-state index is 2.48. The van der Waals surface area contributed by atoms with Gasteiger partial charge in [0, 0.05) is 0 Å². The molecule has 1 saturated carbocycles. The molecule has 0 nitrogen and oxygen atoms in total. The Labute approximate surface area is 177 Å². The molecule has 3 aromatic rings. The normalized spacial score (nSPS) is 20.3. The predicted molar refractivity (Wildman–Crippen MR) is 126 cm³/mol. The van der Waals surface area contributed by atoms with E-state index in [0.717, 1.165) is 11.8 Å². The van der Waals surface area contributed by atoms with Crippen molar-refractivity contribution in [2.24, 2.45) is 11.8 Å². The summed E-state index contributed by atoms with van der Waals surface area (Å²) >= 11 is 0. The van der Waals surface area contributed by atoms with Gasteiger partial charge in [-0.05, 0) is 52.0 Å². The van der Waals surface area contributed by atoms with Crippen molar-refractivity contribution in [3.05, 3.63) is 84.4 Å². The van der Waals surface area contributed by atoms with E-state index in [1.807, 2.05) is 0 Å². The van der Waals surface area contributed by atoms with E-state index in [0.29, 0.717) is 5.92 Å². The minimum absolute atomic E-state index is 0.622. The van der Waals surface area contributed by atoms with E-state index in [1.165, 1.54) is 66.3 Å². The zero-order chi connectivity index (χ0) is 20.1. The summed E-state index contributed by atoms with van der Waals surface area (Å²) in [7, 11) is 0. The number of rotatable bonds is 6. The summed E-state index contributed by atoms with van der Waals surface area (Å²) in [4.78, 5) is 0. The van der Waals surface area contributed by atoms with Gasteiger partial charge in [-0.15, -0.1) is 0 Å². The third-order valence-corrected chi connectivity index (χ3v) is 7.02. The molecule has 0 heteroatoms. The van der Waals surface area contributed by atoms with Crippen molar-refractivity contribution in [2.75, 3.05) is 0 Å². The van der Waals surface area contributed by atoms with Crippen LogP contribution in [0.4, 0.5) is 0 Å². The summed E-state index contributed by atoms with van der Waals surface area (Å²) in [5.41, 5.74) is 6.86. The fraction of sp³-hybridized carbons (Fsp3) is 0.379. The molecular weight excluding hydrogens is 348 g/mol. The van der Waals surface area contributed by atoms with Crippen LogP contribution >= 0.6 is 0 Å². The molecule has 1 fully saturated rings. The molecule has 1 aliphatic carbocycles. The Bertz CT molecular complexity index is 889. The minimum Gasteiger partial charge on any atom is -0.0654 e. The third-order valence-electron chi connectivity index (χ3n) is 7.02. The fourth-order valence-electron chi connectivity index (χ4n) is 5.48. The van der Waals surface area contributed by atoms with Crippen LogP contribution in [0.1, 0.15) is 63.9 Å². The predicted octanol–water partition coefficient (Wildman–Crippen LogP) is 8.73. The maximum atomic E-state index is 2.48. The van der Waals surface area contributed by atoms with Gasteiger partial charge in [0.2, 0.25) is 0 Å². The molecule has 0 saturated heterocycles. The van der Waals surface area contributed by atoms with E-state index < -0.39 is 0 Å². The lowest BCUT2D eigenvalue weighted by Gasteiger charge is -2.36. The van der Waals surface area contributed by atoms with E-state index >= 15 is 0 Å². The zero-order valence-corrected chi connectivity index (χ0v) is 18.0. The van der Waals surface area contributed by atoms with Crippen LogP contribution in [0.3, 0.4) is 0 Å². The molecule has 3 aromatic carbocycles. The minimum atomic E-state index is 0.622. The fourth-order valence-corrected chi connectivity index (χ4v) is 5.48. The Morgan fingerprint density at radius 3 is 2.10 bits per heavy atom. The van der Waals surface area contributed by atoms with Crippen LogP contribution < -0.4 is 0 Å². The van der Waals surface area contributed by atoms with Crippen molar-refractivity contribution in [3.8, 4) is 22.3 Å². The first-order chi connectivity index (χ1) is 14.3. The topological polar surface area (TPSA) is 0 Å². The van der Waals surface area contributed by atoms with Gasteiger partial charge in [0.15, 0.2) is 0 Å². The summed E-state index contributed by atoms with van der Waals surface area (Å²) in [5, 5.41) is 0. The molecule has 0 amide bonds. The number of hydrogen-bond donors (Lipinski definition) is 0. The second kappa shape index (κ2) is 9.44. The summed E-state index contributed by atoms with van der Waals surface area (Å²) in [6.45, 7) is 4.83. The summed E-state index contributed by atoms with van der Waals surface area (Å²) in [5.74, 6) is 2.35.